The molecular formula is C21H32N2O11. The van der Waals surface area contributed by atoms with Crippen LogP contribution in [0.3, 0.4) is 0 Å². The van der Waals surface area contributed by atoms with E-state index in [9.17, 15) is 40.2 Å². The second-order valence-electron chi connectivity index (χ2n) is 8.25. The standard InChI is InChI=1S/C21H32N2O11/c1-11(25)22-16-17(19(29,32-4)14(26)10-24)34-21(31,18(27)28)15(20(16,30)33-5)12-7-6-8-13(9-12)23(2)3/h6-9,14-17,24,26,29-31H,10H2,1-5H3,(H,22,25)(H,27,28)/t14-,15?,16+,17-,19+,20-,21?/m1/s1. The number of hydrogen-bond donors (Lipinski definition) is 7. The number of carbonyl (C=O) groups excluding carboxylic acids is 1. The summed E-state index contributed by atoms with van der Waals surface area (Å²) < 4.78 is 15.7. The van der Waals surface area contributed by atoms with Gasteiger partial charge in [0.15, 0.2) is 0 Å². The van der Waals surface area contributed by atoms with Crippen LogP contribution >= 0.6 is 0 Å². The van der Waals surface area contributed by atoms with Gasteiger partial charge in [-0.15, -0.1) is 0 Å². The Morgan fingerprint density at radius 3 is 2.35 bits per heavy atom. The number of carbonyl (C=O) groups is 2. The van der Waals surface area contributed by atoms with Crippen LogP contribution in [0.25, 0.3) is 0 Å². The molecule has 1 aliphatic rings. The van der Waals surface area contributed by atoms with Gasteiger partial charge in [0.2, 0.25) is 17.5 Å². The number of methoxy groups -OCH3 is 2. The lowest BCUT2D eigenvalue weighted by Gasteiger charge is -2.56. The van der Waals surface area contributed by atoms with E-state index in [-0.39, 0.29) is 5.56 Å². The molecule has 1 amide bonds. The molecule has 7 atom stereocenters. The largest absolute Gasteiger partial charge is 0.477 e. The summed E-state index contributed by atoms with van der Waals surface area (Å²) in [4.78, 5) is 26.1. The molecule has 2 rings (SSSR count). The maximum absolute atomic E-state index is 12.3. The van der Waals surface area contributed by atoms with Gasteiger partial charge in [-0.25, -0.2) is 4.79 Å². The Morgan fingerprint density at radius 1 is 1.29 bits per heavy atom. The van der Waals surface area contributed by atoms with Crippen LogP contribution in [-0.4, -0.2) is 113 Å². The fourth-order valence-electron chi connectivity index (χ4n) is 4.17. The van der Waals surface area contributed by atoms with Gasteiger partial charge in [0.25, 0.3) is 5.79 Å². The molecule has 0 radical (unpaired) electrons. The molecule has 1 aromatic carbocycles. The van der Waals surface area contributed by atoms with E-state index in [1.807, 2.05) is 0 Å². The molecule has 1 aliphatic heterocycles. The second-order valence-corrected chi connectivity index (χ2v) is 8.25. The number of amides is 1. The van der Waals surface area contributed by atoms with Crippen molar-refractivity contribution >= 4 is 17.6 Å². The third-order valence-electron chi connectivity index (χ3n) is 5.96. The van der Waals surface area contributed by atoms with Gasteiger partial charge in [0.1, 0.15) is 24.2 Å². The first-order valence-corrected chi connectivity index (χ1v) is 10.2. The summed E-state index contributed by atoms with van der Waals surface area (Å²) in [7, 11) is 5.34. The molecule has 1 heterocycles. The smallest absolute Gasteiger partial charge is 0.365 e. The summed E-state index contributed by atoms with van der Waals surface area (Å²) in [6.45, 7) is -0.0106. The number of nitrogens with one attached hydrogen (secondary N) is 1. The van der Waals surface area contributed by atoms with E-state index in [1.165, 1.54) is 12.1 Å². The number of ether oxygens (including phenoxy) is 3. The predicted molar refractivity (Wildman–Crippen MR) is 116 cm³/mol. The van der Waals surface area contributed by atoms with Crippen molar-refractivity contribution in [2.75, 3.05) is 39.8 Å². The highest BCUT2D eigenvalue weighted by molar-refractivity contribution is 5.78. The van der Waals surface area contributed by atoms with Gasteiger partial charge in [0, 0.05) is 40.9 Å². The monoisotopic (exact) mass is 488 g/mol. The van der Waals surface area contributed by atoms with Crippen molar-refractivity contribution in [3.63, 3.8) is 0 Å². The van der Waals surface area contributed by atoms with Gasteiger partial charge in [-0.3, -0.25) is 4.79 Å². The Kier molecular flexibility index (Phi) is 8.28. The van der Waals surface area contributed by atoms with Crippen LogP contribution in [0.4, 0.5) is 5.69 Å². The molecule has 0 spiro atoms. The minimum Gasteiger partial charge on any atom is -0.477 e. The predicted octanol–water partition coefficient (Wildman–Crippen LogP) is -2.46. The van der Waals surface area contributed by atoms with E-state index < -0.39 is 60.0 Å². The molecule has 1 saturated heterocycles. The maximum atomic E-state index is 12.3. The van der Waals surface area contributed by atoms with Crippen LogP contribution in [0.1, 0.15) is 18.4 Å². The van der Waals surface area contributed by atoms with Gasteiger partial charge in [-0.05, 0) is 17.7 Å². The van der Waals surface area contributed by atoms with Gasteiger partial charge in [0.05, 0.1) is 6.61 Å². The average Bonchev–Trinajstić information content (AvgIpc) is 2.79. The maximum Gasteiger partial charge on any atom is 0.365 e. The SMILES string of the molecule is CO[C@@](O)([C@H](O)CO)[C@@H]1OC(O)(C(=O)O)C(c2cccc(N(C)C)c2)[C@@](O)(OC)[C@H]1NC(C)=O. The third-order valence-corrected chi connectivity index (χ3v) is 5.96. The summed E-state index contributed by atoms with van der Waals surface area (Å²) in [5.74, 6) is -13.5. The third kappa shape index (κ3) is 4.61. The van der Waals surface area contributed by atoms with Crippen LogP contribution in [0, 0.1) is 0 Å². The van der Waals surface area contributed by atoms with Crippen molar-refractivity contribution in [2.24, 2.45) is 0 Å². The van der Waals surface area contributed by atoms with Crippen LogP contribution in [0.15, 0.2) is 24.3 Å². The first-order valence-electron chi connectivity index (χ1n) is 10.2. The van der Waals surface area contributed by atoms with Crippen LogP contribution in [0.2, 0.25) is 0 Å². The number of aliphatic carboxylic acids is 1. The van der Waals surface area contributed by atoms with E-state index in [4.69, 9.17) is 14.2 Å². The zero-order chi connectivity index (χ0) is 26.1. The molecule has 0 bridgehead atoms. The zero-order valence-corrected chi connectivity index (χ0v) is 19.5. The minimum absolute atomic E-state index is 0.0536. The highest BCUT2D eigenvalue weighted by Crippen LogP contribution is 2.50. The topological polar surface area (TPSA) is 198 Å². The van der Waals surface area contributed by atoms with E-state index in [1.54, 1.807) is 31.1 Å². The molecule has 0 saturated carbocycles. The van der Waals surface area contributed by atoms with E-state index in [0.29, 0.717) is 5.69 Å². The average molecular weight is 488 g/mol. The first kappa shape index (κ1) is 27.9. The molecule has 192 valence electrons. The number of hydrogen-bond acceptors (Lipinski definition) is 11. The van der Waals surface area contributed by atoms with Gasteiger partial charge >= 0.3 is 5.97 Å². The number of nitrogens with zero attached hydrogens (tertiary/aromatic N) is 1. The van der Waals surface area contributed by atoms with Crippen molar-refractivity contribution in [2.45, 2.75) is 48.5 Å². The number of benzene rings is 1. The first-order chi connectivity index (χ1) is 15.7. The van der Waals surface area contributed by atoms with E-state index >= 15 is 0 Å². The minimum atomic E-state index is -3.27. The zero-order valence-electron chi connectivity index (χ0n) is 19.5. The van der Waals surface area contributed by atoms with E-state index in [0.717, 1.165) is 21.1 Å². The lowest BCUT2D eigenvalue weighted by atomic mass is 9.73. The molecule has 2 unspecified atom stereocenters. The highest BCUT2D eigenvalue weighted by Gasteiger charge is 2.71. The summed E-state index contributed by atoms with van der Waals surface area (Å²) in [5.41, 5.74) is 0.629. The number of carboxylic acids is 1. The highest BCUT2D eigenvalue weighted by atomic mass is 16.7. The molecule has 1 aromatic rings. The quantitative estimate of drug-likeness (QED) is 0.181. The van der Waals surface area contributed by atoms with Crippen molar-refractivity contribution in [1.82, 2.24) is 5.32 Å². The van der Waals surface area contributed by atoms with E-state index in [2.05, 4.69) is 5.32 Å². The lowest BCUT2D eigenvalue weighted by molar-refractivity contribution is -0.410. The Bertz CT molecular complexity index is 899. The number of carboxylic acid groups (broad SMARTS) is 1. The van der Waals surface area contributed by atoms with Gasteiger partial charge < -0.3 is 55.1 Å². The van der Waals surface area contributed by atoms with Crippen molar-refractivity contribution in [3.8, 4) is 0 Å². The lowest BCUT2D eigenvalue weighted by Crippen LogP contribution is -2.79. The number of rotatable bonds is 9. The molecule has 0 aromatic heterocycles. The fourth-order valence-corrected chi connectivity index (χ4v) is 4.17. The van der Waals surface area contributed by atoms with Crippen molar-refractivity contribution < 1.29 is 54.4 Å². The Morgan fingerprint density at radius 2 is 1.91 bits per heavy atom. The number of aliphatic hydroxyl groups excluding tert-OH is 2. The van der Waals surface area contributed by atoms with Crippen LogP contribution in [-0.2, 0) is 23.8 Å². The summed E-state index contributed by atoms with van der Waals surface area (Å²) in [6, 6.07) is 4.31. The van der Waals surface area contributed by atoms with Gasteiger partial charge in [-0.1, -0.05) is 12.1 Å². The second kappa shape index (κ2) is 10.1. The van der Waals surface area contributed by atoms with Crippen molar-refractivity contribution in [1.29, 1.82) is 0 Å². The molecular weight excluding hydrogens is 456 g/mol. The fraction of sp³-hybridized carbons (Fsp3) is 0.619. The Labute approximate surface area is 196 Å². The van der Waals surface area contributed by atoms with Crippen molar-refractivity contribution in [3.05, 3.63) is 29.8 Å². The number of aliphatic hydroxyl groups is 5. The molecule has 0 aliphatic carbocycles. The summed E-state index contributed by atoms with van der Waals surface area (Å²) >= 11 is 0. The molecule has 1 fully saturated rings. The molecule has 7 N–H and O–H groups in total. The number of anilines is 1. The molecule has 13 nitrogen and oxygen atoms in total. The van der Waals surface area contributed by atoms with Crippen LogP contribution < -0.4 is 10.2 Å². The van der Waals surface area contributed by atoms with Crippen LogP contribution in [0.5, 0.6) is 0 Å². The molecule has 13 heteroatoms. The van der Waals surface area contributed by atoms with Gasteiger partial charge in [-0.2, -0.15) is 0 Å². The molecule has 34 heavy (non-hydrogen) atoms. The normalized spacial score (nSPS) is 31.9. The summed E-state index contributed by atoms with van der Waals surface area (Å²) in [6.07, 6.45) is -4.26. The Balaban J connectivity index is 2.87. The Hall–Kier alpha value is -2.36. The summed E-state index contributed by atoms with van der Waals surface area (Å²) in [5, 5.41) is 66.0.